The second-order valence-corrected chi connectivity index (χ2v) is 7.99. The third-order valence-corrected chi connectivity index (χ3v) is 5.43. The van der Waals surface area contributed by atoms with Crippen molar-refractivity contribution in [1.82, 2.24) is 9.97 Å². The number of benzene rings is 1. The number of ketones is 1. The monoisotopic (exact) mass is 417 g/mol. The van der Waals surface area contributed by atoms with Crippen LogP contribution in [0.25, 0.3) is 0 Å². The number of ether oxygens (including phenoxy) is 2. The summed E-state index contributed by atoms with van der Waals surface area (Å²) in [4.78, 5) is 22.0. The Morgan fingerprint density at radius 1 is 1.16 bits per heavy atom. The highest BCUT2D eigenvalue weighted by molar-refractivity contribution is 5.76. The first-order valence-corrected chi connectivity index (χ1v) is 10.6. The number of Topliss-reactive ketones (excluding diaryl/α,β-unsaturated/α-hetero) is 1. The van der Waals surface area contributed by atoms with Crippen LogP contribution in [-0.2, 0) is 4.79 Å². The molecule has 0 N–H and O–H groups in total. The van der Waals surface area contributed by atoms with E-state index in [1.165, 1.54) is 0 Å². The minimum Gasteiger partial charge on any atom is -0.489 e. The summed E-state index contributed by atoms with van der Waals surface area (Å²) in [6, 6.07) is 15.7. The van der Waals surface area contributed by atoms with Crippen LogP contribution in [0.3, 0.4) is 0 Å². The van der Waals surface area contributed by atoms with Crippen LogP contribution in [-0.4, -0.2) is 34.9 Å². The van der Waals surface area contributed by atoms with Gasteiger partial charge in [-0.1, -0.05) is 19.1 Å². The van der Waals surface area contributed by atoms with Crippen molar-refractivity contribution in [2.75, 3.05) is 18.0 Å². The minimum absolute atomic E-state index is 0.122. The molecule has 0 bridgehead atoms. The van der Waals surface area contributed by atoms with Crippen molar-refractivity contribution in [2.45, 2.75) is 38.7 Å². The van der Waals surface area contributed by atoms with Gasteiger partial charge in [-0.05, 0) is 48.7 Å². The third-order valence-electron chi connectivity index (χ3n) is 5.43. The molecule has 31 heavy (non-hydrogen) atoms. The van der Waals surface area contributed by atoms with Gasteiger partial charge in [0.1, 0.15) is 23.4 Å². The fourth-order valence-electron chi connectivity index (χ4n) is 3.86. The molecule has 6 nitrogen and oxygen atoms in total. The fourth-order valence-corrected chi connectivity index (χ4v) is 3.86. The highest BCUT2D eigenvalue weighted by atomic mass is 16.5. The highest BCUT2D eigenvalue weighted by Crippen LogP contribution is 2.28. The first-order valence-electron chi connectivity index (χ1n) is 10.6. The fraction of sp³-hybridized carbons (Fsp3) is 0.320. The Hall–Kier alpha value is -3.41. The predicted octanol–water partition coefficient (Wildman–Crippen LogP) is 5.01. The van der Waals surface area contributed by atoms with Crippen molar-refractivity contribution >= 4 is 11.5 Å². The standard InChI is InChI=1S/C25H27N3O3/c1-18(14-19(2)29)20-5-7-22(8-6-20)30-24-10-13-28(17-24)21-9-12-27-25(15-21)31-23-4-3-11-26-16-23/h3-9,11-12,15-16,18,24H,10,13-14,17H2,1-2H3/t18-,24?/m1/s1. The van der Waals surface area contributed by atoms with Gasteiger partial charge < -0.3 is 19.2 Å². The Bertz CT molecular complexity index is 1010. The number of hydrogen-bond donors (Lipinski definition) is 0. The Kier molecular flexibility index (Phi) is 6.46. The average molecular weight is 418 g/mol. The van der Waals surface area contributed by atoms with Gasteiger partial charge in [-0.25, -0.2) is 4.98 Å². The van der Waals surface area contributed by atoms with Crippen LogP contribution < -0.4 is 14.4 Å². The molecule has 160 valence electrons. The molecule has 4 rings (SSSR count). The van der Waals surface area contributed by atoms with Gasteiger partial charge >= 0.3 is 0 Å². The molecule has 0 spiro atoms. The largest absolute Gasteiger partial charge is 0.489 e. The Balaban J connectivity index is 1.34. The summed E-state index contributed by atoms with van der Waals surface area (Å²) in [5.74, 6) is 2.51. The molecule has 1 unspecified atom stereocenters. The zero-order valence-electron chi connectivity index (χ0n) is 17.9. The van der Waals surface area contributed by atoms with Crippen LogP contribution in [0.4, 0.5) is 5.69 Å². The number of nitrogens with zero attached hydrogens (tertiary/aromatic N) is 3. The van der Waals surface area contributed by atoms with Gasteiger partial charge in [0, 0.05) is 43.5 Å². The molecule has 0 saturated carbocycles. The maximum atomic E-state index is 11.3. The van der Waals surface area contributed by atoms with Gasteiger partial charge in [-0.15, -0.1) is 0 Å². The topological polar surface area (TPSA) is 64.5 Å². The summed E-state index contributed by atoms with van der Waals surface area (Å²) in [7, 11) is 0. The maximum Gasteiger partial charge on any atom is 0.221 e. The van der Waals surface area contributed by atoms with E-state index in [1.54, 1.807) is 25.5 Å². The molecular weight excluding hydrogens is 390 g/mol. The molecule has 0 radical (unpaired) electrons. The van der Waals surface area contributed by atoms with Gasteiger partial charge in [0.2, 0.25) is 5.88 Å². The first kappa shape index (κ1) is 20.8. The summed E-state index contributed by atoms with van der Waals surface area (Å²) < 4.78 is 12.0. The summed E-state index contributed by atoms with van der Waals surface area (Å²) in [5, 5.41) is 0. The molecular formula is C25H27N3O3. The number of hydrogen-bond acceptors (Lipinski definition) is 6. The predicted molar refractivity (Wildman–Crippen MR) is 120 cm³/mol. The highest BCUT2D eigenvalue weighted by Gasteiger charge is 2.25. The Morgan fingerprint density at radius 3 is 2.74 bits per heavy atom. The number of carbonyl (C=O) groups is 1. The van der Waals surface area contributed by atoms with Crippen LogP contribution in [0.1, 0.15) is 38.2 Å². The summed E-state index contributed by atoms with van der Waals surface area (Å²) in [6.45, 7) is 5.43. The molecule has 2 aromatic heterocycles. The summed E-state index contributed by atoms with van der Waals surface area (Å²) in [6.07, 6.45) is 6.77. The van der Waals surface area contributed by atoms with E-state index in [9.17, 15) is 4.79 Å². The van der Waals surface area contributed by atoms with E-state index >= 15 is 0 Å². The van der Waals surface area contributed by atoms with E-state index in [-0.39, 0.29) is 17.8 Å². The van der Waals surface area contributed by atoms with Crippen LogP contribution in [0.15, 0.2) is 67.1 Å². The van der Waals surface area contributed by atoms with Crippen LogP contribution in [0.2, 0.25) is 0 Å². The molecule has 3 aromatic rings. The number of rotatable bonds is 8. The Morgan fingerprint density at radius 2 is 2.00 bits per heavy atom. The number of carbonyl (C=O) groups excluding carboxylic acids is 1. The SMILES string of the molecule is CC(=O)C[C@@H](C)c1ccc(OC2CCN(c3ccnc(Oc4cccnc4)c3)C2)cc1. The average Bonchev–Trinajstić information content (AvgIpc) is 3.23. The molecule has 1 fully saturated rings. The third kappa shape index (κ3) is 5.60. The van der Waals surface area contributed by atoms with E-state index in [0.29, 0.717) is 18.1 Å². The quantitative estimate of drug-likeness (QED) is 0.513. The van der Waals surface area contributed by atoms with Crippen LogP contribution in [0, 0.1) is 0 Å². The molecule has 0 aliphatic carbocycles. The lowest BCUT2D eigenvalue weighted by atomic mass is 9.96. The van der Waals surface area contributed by atoms with Crippen LogP contribution >= 0.6 is 0 Å². The number of pyridine rings is 2. The van der Waals surface area contributed by atoms with Crippen LogP contribution in [0.5, 0.6) is 17.4 Å². The van der Waals surface area contributed by atoms with E-state index < -0.39 is 0 Å². The van der Waals surface area contributed by atoms with E-state index in [4.69, 9.17) is 9.47 Å². The molecule has 3 heterocycles. The van der Waals surface area contributed by atoms with Gasteiger partial charge in [-0.2, -0.15) is 0 Å². The van der Waals surface area contributed by atoms with Crippen molar-refractivity contribution in [2.24, 2.45) is 0 Å². The van der Waals surface area contributed by atoms with Crippen molar-refractivity contribution in [3.05, 3.63) is 72.7 Å². The molecule has 1 saturated heterocycles. The van der Waals surface area contributed by atoms with E-state index in [1.807, 2.05) is 36.4 Å². The minimum atomic E-state index is 0.122. The molecule has 1 aliphatic rings. The summed E-state index contributed by atoms with van der Waals surface area (Å²) >= 11 is 0. The molecule has 0 amide bonds. The van der Waals surface area contributed by atoms with Gasteiger partial charge in [0.15, 0.2) is 0 Å². The number of anilines is 1. The lowest BCUT2D eigenvalue weighted by Crippen LogP contribution is -2.24. The lowest BCUT2D eigenvalue weighted by Gasteiger charge is -2.20. The smallest absolute Gasteiger partial charge is 0.221 e. The van der Waals surface area contributed by atoms with E-state index in [0.717, 1.165) is 36.5 Å². The molecule has 2 atom stereocenters. The van der Waals surface area contributed by atoms with Crippen molar-refractivity contribution in [3.8, 4) is 17.4 Å². The van der Waals surface area contributed by atoms with Crippen molar-refractivity contribution in [1.29, 1.82) is 0 Å². The Labute approximate surface area is 182 Å². The van der Waals surface area contributed by atoms with E-state index in [2.05, 4.69) is 33.9 Å². The lowest BCUT2D eigenvalue weighted by molar-refractivity contribution is -0.117. The summed E-state index contributed by atoms with van der Waals surface area (Å²) in [5.41, 5.74) is 2.22. The van der Waals surface area contributed by atoms with Gasteiger partial charge in [-0.3, -0.25) is 4.98 Å². The molecule has 1 aliphatic heterocycles. The van der Waals surface area contributed by atoms with Crippen molar-refractivity contribution in [3.63, 3.8) is 0 Å². The van der Waals surface area contributed by atoms with Crippen molar-refractivity contribution < 1.29 is 14.3 Å². The van der Waals surface area contributed by atoms with Gasteiger partial charge in [0.05, 0.1) is 12.7 Å². The normalized spacial score (nSPS) is 16.7. The van der Waals surface area contributed by atoms with Gasteiger partial charge in [0.25, 0.3) is 0 Å². The number of aromatic nitrogens is 2. The first-order chi connectivity index (χ1) is 15.1. The molecule has 6 heteroatoms. The second-order valence-electron chi connectivity index (χ2n) is 7.99. The maximum absolute atomic E-state index is 11.3. The molecule has 1 aromatic carbocycles. The zero-order valence-corrected chi connectivity index (χ0v) is 17.9. The second kappa shape index (κ2) is 9.60. The zero-order chi connectivity index (χ0) is 21.6.